The lowest BCUT2D eigenvalue weighted by molar-refractivity contribution is -0.152. The molecular formula is C19H18ClF3N4O3. The van der Waals surface area contributed by atoms with Crippen molar-refractivity contribution < 1.29 is 27.5 Å². The zero-order valence-electron chi connectivity index (χ0n) is 15.7. The van der Waals surface area contributed by atoms with Crippen LogP contribution >= 0.6 is 11.6 Å². The molecule has 1 N–H and O–H groups in total. The summed E-state index contributed by atoms with van der Waals surface area (Å²) in [7, 11) is 0. The molecule has 1 aromatic carbocycles. The van der Waals surface area contributed by atoms with E-state index in [1.807, 2.05) is 4.90 Å². The monoisotopic (exact) mass is 442 g/mol. The summed E-state index contributed by atoms with van der Waals surface area (Å²) in [6.45, 7) is 0.387. The Morgan fingerprint density at radius 1 is 1.17 bits per heavy atom. The highest BCUT2D eigenvalue weighted by atomic mass is 35.5. The number of aromatic nitrogens is 2. The molecule has 3 rings (SSSR count). The Labute approximate surface area is 175 Å². The molecule has 1 aromatic heterocycles. The second-order valence-corrected chi connectivity index (χ2v) is 7.03. The fourth-order valence-corrected chi connectivity index (χ4v) is 3.31. The van der Waals surface area contributed by atoms with Gasteiger partial charge in [-0.25, -0.2) is 9.97 Å². The van der Waals surface area contributed by atoms with Crippen molar-refractivity contribution in [3.05, 3.63) is 47.2 Å². The second-order valence-electron chi connectivity index (χ2n) is 6.63. The van der Waals surface area contributed by atoms with Crippen molar-refractivity contribution in [2.24, 2.45) is 5.92 Å². The Hall–Kier alpha value is -2.88. The summed E-state index contributed by atoms with van der Waals surface area (Å²) in [5.74, 6) is -1.32. The standard InChI is InChI=1S/C19H18ClF3N4O3/c20-14-4-1-3-13(19(21,22)23)16(14)26-15(28)11-30-17(29)12-5-9-27(10-6-12)18-24-7-2-8-25-18/h1-4,7-8,12H,5-6,9-11H2,(H,26,28). The molecule has 30 heavy (non-hydrogen) atoms. The summed E-state index contributed by atoms with van der Waals surface area (Å²) < 4.78 is 44.2. The molecule has 160 valence electrons. The van der Waals surface area contributed by atoms with Crippen LogP contribution in [-0.2, 0) is 20.5 Å². The van der Waals surface area contributed by atoms with Gasteiger partial charge in [0.2, 0.25) is 5.95 Å². The molecule has 11 heteroatoms. The topological polar surface area (TPSA) is 84.4 Å². The number of alkyl halides is 3. The largest absolute Gasteiger partial charge is 0.455 e. The summed E-state index contributed by atoms with van der Waals surface area (Å²) in [6.07, 6.45) is -0.460. The maximum atomic E-state index is 13.1. The van der Waals surface area contributed by atoms with Gasteiger partial charge in [-0.15, -0.1) is 0 Å². The lowest BCUT2D eigenvalue weighted by Crippen LogP contribution is -2.38. The molecule has 1 aliphatic heterocycles. The molecule has 1 saturated heterocycles. The van der Waals surface area contributed by atoms with Gasteiger partial charge in [0.05, 0.1) is 22.2 Å². The van der Waals surface area contributed by atoms with Crippen LogP contribution in [-0.4, -0.2) is 41.5 Å². The van der Waals surface area contributed by atoms with Gasteiger partial charge >= 0.3 is 12.1 Å². The van der Waals surface area contributed by atoms with Gasteiger partial charge in [0.15, 0.2) is 6.61 Å². The first-order valence-corrected chi connectivity index (χ1v) is 9.47. The number of amides is 1. The summed E-state index contributed by atoms with van der Waals surface area (Å²) in [4.78, 5) is 34.5. The minimum atomic E-state index is -4.69. The number of para-hydroxylation sites is 1. The van der Waals surface area contributed by atoms with E-state index in [1.54, 1.807) is 18.5 Å². The number of nitrogens with zero attached hydrogens (tertiary/aromatic N) is 3. The zero-order chi connectivity index (χ0) is 21.7. The van der Waals surface area contributed by atoms with E-state index in [9.17, 15) is 22.8 Å². The SMILES string of the molecule is O=C(COC(=O)C1CCN(c2ncccn2)CC1)Nc1c(Cl)cccc1C(F)(F)F. The van der Waals surface area contributed by atoms with Crippen LogP contribution in [0.15, 0.2) is 36.7 Å². The Morgan fingerprint density at radius 3 is 2.47 bits per heavy atom. The van der Waals surface area contributed by atoms with Gasteiger partial charge in [-0.3, -0.25) is 9.59 Å². The molecule has 7 nitrogen and oxygen atoms in total. The third kappa shape index (κ3) is 5.38. The Bertz CT molecular complexity index is 904. The van der Waals surface area contributed by atoms with E-state index >= 15 is 0 Å². The molecule has 1 amide bonds. The third-order valence-electron chi connectivity index (χ3n) is 4.59. The van der Waals surface area contributed by atoms with Crippen molar-refractivity contribution in [3.63, 3.8) is 0 Å². The van der Waals surface area contributed by atoms with Crippen LogP contribution < -0.4 is 10.2 Å². The Kier molecular flexibility index (Phi) is 6.76. The second kappa shape index (κ2) is 9.29. The van der Waals surface area contributed by atoms with Crippen molar-refractivity contribution in [3.8, 4) is 0 Å². The minimum absolute atomic E-state index is 0.264. The first-order chi connectivity index (χ1) is 14.3. The highest BCUT2D eigenvalue weighted by molar-refractivity contribution is 6.34. The zero-order valence-corrected chi connectivity index (χ0v) is 16.4. The number of anilines is 2. The molecule has 0 saturated carbocycles. The van der Waals surface area contributed by atoms with E-state index in [1.165, 1.54) is 6.07 Å². The predicted molar refractivity (Wildman–Crippen MR) is 103 cm³/mol. The molecule has 0 aliphatic carbocycles. The molecule has 0 bridgehead atoms. The van der Waals surface area contributed by atoms with Crippen LogP contribution in [0.25, 0.3) is 0 Å². The molecule has 1 aliphatic rings. The molecule has 0 spiro atoms. The number of nitrogens with one attached hydrogen (secondary N) is 1. The minimum Gasteiger partial charge on any atom is -0.455 e. The van der Waals surface area contributed by atoms with Crippen LogP contribution in [0.3, 0.4) is 0 Å². The molecule has 0 unspecified atom stereocenters. The van der Waals surface area contributed by atoms with Gasteiger partial charge in [-0.1, -0.05) is 17.7 Å². The van der Waals surface area contributed by atoms with E-state index in [2.05, 4.69) is 15.3 Å². The summed E-state index contributed by atoms with van der Waals surface area (Å²) in [5, 5.41) is 1.82. The van der Waals surface area contributed by atoms with Crippen LogP contribution in [0.5, 0.6) is 0 Å². The van der Waals surface area contributed by atoms with Crippen LogP contribution in [0.2, 0.25) is 5.02 Å². The lowest BCUT2D eigenvalue weighted by Gasteiger charge is -2.30. The van der Waals surface area contributed by atoms with Gasteiger partial charge < -0.3 is 15.0 Å². The maximum absolute atomic E-state index is 13.1. The fourth-order valence-electron chi connectivity index (χ4n) is 3.09. The molecule has 0 radical (unpaired) electrons. The lowest BCUT2D eigenvalue weighted by atomic mass is 9.97. The van der Waals surface area contributed by atoms with Crippen molar-refractivity contribution in [2.45, 2.75) is 19.0 Å². The smallest absolute Gasteiger partial charge is 0.418 e. The molecule has 2 aromatic rings. The average Bonchev–Trinajstić information content (AvgIpc) is 2.73. The number of hydrogen-bond donors (Lipinski definition) is 1. The van der Waals surface area contributed by atoms with E-state index in [4.69, 9.17) is 16.3 Å². The number of rotatable bonds is 5. The number of ether oxygens (including phenoxy) is 1. The van der Waals surface area contributed by atoms with Crippen LogP contribution in [0, 0.1) is 5.92 Å². The van der Waals surface area contributed by atoms with Gasteiger partial charge in [0.25, 0.3) is 5.91 Å². The maximum Gasteiger partial charge on any atom is 0.418 e. The third-order valence-corrected chi connectivity index (χ3v) is 4.91. The van der Waals surface area contributed by atoms with Gasteiger partial charge in [0, 0.05) is 25.5 Å². The van der Waals surface area contributed by atoms with E-state index in [0.29, 0.717) is 31.9 Å². The van der Waals surface area contributed by atoms with Gasteiger partial charge in [0.1, 0.15) is 0 Å². The molecule has 1 fully saturated rings. The van der Waals surface area contributed by atoms with E-state index < -0.39 is 41.8 Å². The van der Waals surface area contributed by atoms with Gasteiger partial charge in [-0.2, -0.15) is 13.2 Å². The van der Waals surface area contributed by atoms with Gasteiger partial charge in [-0.05, 0) is 31.0 Å². The highest BCUT2D eigenvalue weighted by Gasteiger charge is 2.35. The fraction of sp³-hybridized carbons (Fsp3) is 0.368. The van der Waals surface area contributed by atoms with Crippen molar-refractivity contribution in [1.82, 2.24) is 9.97 Å². The number of hydrogen-bond acceptors (Lipinski definition) is 6. The summed E-state index contributed by atoms with van der Waals surface area (Å²) in [6, 6.07) is 4.87. The Morgan fingerprint density at radius 2 is 1.83 bits per heavy atom. The average molecular weight is 443 g/mol. The van der Waals surface area contributed by atoms with Crippen molar-refractivity contribution >= 4 is 35.1 Å². The van der Waals surface area contributed by atoms with Crippen molar-refractivity contribution in [1.29, 1.82) is 0 Å². The number of carbonyl (C=O) groups is 2. The number of halogens is 4. The first kappa shape index (κ1) is 21.8. The molecular weight excluding hydrogens is 425 g/mol. The number of benzene rings is 1. The number of carbonyl (C=O) groups excluding carboxylic acids is 2. The first-order valence-electron chi connectivity index (χ1n) is 9.10. The van der Waals surface area contributed by atoms with Crippen LogP contribution in [0.1, 0.15) is 18.4 Å². The van der Waals surface area contributed by atoms with Crippen LogP contribution in [0.4, 0.5) is 24.8 Å². The quantitative estimate of drug-likeness (QED) is 0.713. The number of esters is 1. The summed E-state index contributed by atoms with van der Waals surface area (Å²) >= 11 is 5.79. The normalized spacial score (nSPS) is 15.0. The molecule has 0 atom stereocenters. The number of piperidine rings is 1. The summed E-state index contributed by atoms with van der Waals surface area (Å²) in [5.41, 5.74) is -1.64. The highest BCUT2D eigenvalue weighted by Crippen LogP contribution is 2.38. The predicted octanol–water partition coefficient (Wildman–Crippen LogP) is 3.55. The van der Waals surface area contributed by atoms with E-state index in [0.717, 1.165) is 12.1 Å². The van der Waals surface area contributed by atoms with Crippen molar-refractivity contribution in [2.75, 3.05) is 29.9 Å². The van der Waals surface area contributed by atoms with E-state index in [-0.39, 0.29) is 5.02 Å². The Balaban J connectivity index is 1.51. The molecule has 2 heterocycles.